The largest absolute Gasteiger partial charge is 0.499 e. The molecule has 1 saturated carbocycles. The molecule has 1 aromatic carbocycles. The highest BCUT2D eigenvalue weighted by Crippen LogP contribution is 2.49. The van der Waals surface area contributed by atoms with Crippen LogP contribution in [-0.4, -0.2) is 79.3 Å². The summed E-state index contributed by atoms with van der Waals surface area (Å²) in [5.41, 5.74) is 0.372. The van der Waals surface area contributed by atoms with Crippen molar-refractivity contribution in [1.29, 1.82) is 0 Å². The van der Waals surface area contributed by atoms with Crippen molar-refractivity contribution in [2.45, 2.75) is 89.2 Å². The fourth-order valence-electron chi connectivity index (χ4n) is 7.95. The number of carbonyl (C=O) groups excluding carboxylic acids is 2. The molecular formula is C37H50F2N2O5. The maximum Gasteiger partial charge on any atom is 0.410 e. The average molecular weight is 641 g/mol. The van der Waals surface area contributed by atoms with Gasteiger partial charge in [0.25, 0.3) is 0 Å². The van der Waals surface area contributed by atoms with Crippen LogP contribution in [0.2, 0.25) is 0 Å². The number of methoxy groups -OCH3 is 1. The van der Waals surface area contributed by atoms with Gasteiger partial charge in [-0.25, -0.2) is 13.6 Å². The first-order valence-corrected chi connectivity index (χ1v) is 16.7. The minimum atomic E-state index is -2.74. The van der Waals surface area contributed by atoms with E-state index in [1.54, 1.807) is 12.0 Å². The van der Waals surface area contributed by atoms with Crippen molar-refractivity contribution in [2.24, 2.45) is 17.3 Å². The van der Waals surface area contributed by atoms with Gasteiger partial charge < -0.3 is 24.0 Å². The quantitative estimate of drug-likeness (QED) is 0.341. The van der Waals surface area contributed by atoms with Gasteiger partial charge in [-0.2, -0.15) is 0 Å². The average Bonchev–Trinajstić information content (AvgIpc) is 3.41. The van der Waals surface area contributed by atoms with Crippen LogP contribution in [0.1, 0.15) is 77.2 Å². The molecule has 9 heteroatoms. The number of ether oxygens (including phenoxy) is 3. The van der Waals surface area contributed by atoms with E-state index in [9.17, 15) is 13.6 Å². The van der Waals surface area contributed by atoms with Crippen molar-refractivity contribution in [3.05, 3.63) is 72.0 Å². The van der Waals surface area contributed by atoms with Crippen LogP contribution in [0, 0.1) is 17.3 Å². The zero-order valence-electron chi connectivity index (χ0n) is 27.8. The Hall–Kier alpha value is -3.20. The van der Waals surface area contributed by atoms with Crippen molar-refractivity contribution in [3.8, 4) is 0 Å². The van der Waals surface area contributed by atoms with Gasteiger partial charge in [-0.15, -0.1) is 0 Å². The normalized spacial score (nSPS) is 32.4. The monoisotopic (exact) mass is 640 g/mol. The molecule has 4 aliphatic rings. The Balaban J connectivity index is 1.50. The Bertz CT molecular complexity index is 1320. The number of rotatable bonds is 4. The van der Waals surface area contributed by atoms with E-state index in [1.807, 2.05) is 62.1 Å². The molecule has 46 heavy (non-hydrogen) atoms. The number of likely N-dealkylation sites (tertiary alicyclic amines) is 2. The van der Waals surface area contributed by atoms with Gasteiger partial charge in [0.2, 0.25) is 11.8 Å². The van der Waals surface area contributed by atoms with Crippen LogP contribution in [0.5, 0.6) is 0 Å². The minimum absolute atomic E-state index is 0.101. The fraction of sp³-hybridized carbons (Fsp3) is 0.622. The Kier molecular flexibility index (Phi) is 10.3. The van der Waals surface area contributed by atoms with Gasteiger partial charge in [-0.1, -0.05) is 49.1 Å². The number of carbonyl (C=O) groups is 2. The van der Waals surface area contributed by atoms with Gasteiger partial charge in [0, 0.05) is 50.5 Å². The molecule has 252 valence electrons. The maximum atomic E-state index is 15.0. The highest BCUT2D eigenvalue weighted by Gasteiger charge is 2.55. The van der Waals surface area contributed by atoms with Crippen LogP contribution in [0.15, 0.2) is 66.5 Å². The molecule has 5 rings (SSSR count). The fourth-order valence-corrected chi connectivity index (χ4v) is 7.95. The summed E-state index contributed by atoms with van der Waals surface area (Å²) in [4.78, 5) is 32.0. The predicted octanol–water partition coefficient (Wildman–Crippen LogP) is 7.50. The molecule has 3 fully saturated rings. The maximum absolute atomic E-state index is 15.0. The lowest BCUT2D eigenvalue weighted by atomic mass is 9.68. The molecule has 5 atom stereocenters. The molecule has 2 saturated heterocycles. The summed E-state index contributed by atoms with van der Waals surface area (Å²) in [5, 5.41) is 0. The van der Waals surface area contributed by atoms with Gasteiger partial charge in [0.05, 0.1) is 13.0 Å². The molecule has 0 bridgehead atoms. The molecular weight excluding hydrogens is 590 g/mol. The molecule has 3 aliphatic heterocycles. The van der Waals surface area contributed by atoms with E-state index in [1.165, 1.54) is 5.56 Å². The first-order valence-electron chi connectivity index (χ1n) is 16.7. The van der Waals surface area contributed by atoms with Gasteiger partial charge >= 0.3 is 6.09 Å². The van der Waals surface area contributed by atoms with E-state index in [-0.39, 0.29) is 56.3 Å². The Morgan fingerprint density at radius 1 is 1.11 bits per heavy atom. The lowest BCUT2D eigenvalue weighted by Gasteiger charge is -2.48. The summed E-state index contributed by atoms with van der Waals surface area (Å²) >= 11 is 0. The van der Waals surface area contributed by atoms with Crippen molar-refractivity contribution in [1.82, 2.24) is 9.80 Å². The molecule has 3 heterocycles. The Morgan fingerprint density at radius 3 is 2.57 bits per heavy atom. The van der Waals surface area contributed by atoms with Crippen LogP contribution in [0.3, 0.4) is 0 Å². The summed E-state index contributed by atoms with van der Waals surface area (Å²) in [7, 11) is 1.59. The molecule has 0 radical (unpaired) electrons. The van der Waals surface area contributed by atoms with Gasteiger partial charge in [0.15, 0.2) is 0 Å². The second-order valence-electron chi connectivity index (χ2n) is 14.5. The first-order chi connectivity index (χ1) is 21.8. The number of hydrogen-bond acceptors (Lipinski definition) is 5. The van der Waals surface area contributed by atoms with E-state index < -0.39 is 28.9 Å². The smallest absolute Gasteiger partial charge is 0.410 e. The first kappa shape index (κ1) is 34.1. The third-order valence-electron chi connectivity index (χ3n) is 10.3. The van der Waals surface area contributed by atoms with E-state index in [4.69, 9.17) is 14.2 Å². The molecule has 0 N–H and O–H groups in total. The summed E-state index contributed by atoms with van der Waals surface area (Å²) < 4.78 is 46.9. The summed E-state index contributed by atoms with van der Waals surface area (Å²) in [6.07, 6.45) is 7.71. The number of allylic oxidation sites excluding steroid dienone is 3. The molecule has 1 unspecified atom stereocenters. The Morgan fingerprint density at radius 2 is 1.87 bits per heavy atom. The lowest BCUT2D eigenvalue weighted by Crippen LogP contribution is -2.55. The topological polar surface area (TPSA) is 68.3 Å². The summed E-state index contributed by atoms with van der Waals surface area (Å²) in [5.74, 6) is -2.92. The second kappa shape index (κ2) is 13.9. The summed E-state index contributed by atoms with van der Waals surface area (Å²) in [6.45, 7) is 11.4. The van der Waals surface area contributed by atoms with E-state index in [2.05, 4.69) is 18.7 Å². The van der Waals surface area contributed by atoms with Crippen molar-refractivity contribution in [2.75, 3.05) is 40.0 Å². The third-order valence-corrected chi connectivity index (χ3v) is 10.3. The molecule has 0 aromatic heterocycles. The van der Waals surface area contributed by atoms with Crippen LogP contribution in [-0.2, 0) is 19.0 Å². The van der Waals surface area contributed by atoms with Crippen LogP contribution in [0.4, 0.5) is 13.6 Å². The molecule has 1 spiro atoms. The van der Waals surface area contributed by atoms with Gasteiger partial charge in [0.1, 0.15) is 18.0 Å². The third kappa shape index (κ3) is 7.67. The summed E-state index contributed by atoms with van der Waals surface area (Å²) in [6, 6.07) is 9.87. The van der Waals surface area contributed by atoms with Crippen molar-refractivity contribution < 1.29 is 32.6 Å². The predicted molar refractivity (Wildman–Crippen MR) is 173 cm³/mol. The molecule has 7 nitrogen and oxygen atoms in total. The number of hydrogen-bond donors (Lipinski definition) is 0. The number of nitrogens with zero attached hydrogens (tertiary/aromatic N) is 2. The number of benzene rings is 1. The SMILES string of the molecule is C=C1/C=C\C=C(\OC)COCC[C@]12CN(C(=O)OC(C)(C)C)C[C@H]2C(=O)N1CC[C@@H](c2ccccc2)C[C@H]1C1CCCC(F)(F)C1. The van der Waals surface area contributed by atoms with Crippen LogP contribution < -0.4 is 0 Å². The van der Waals surface area contributed by atoms with Crippen molar-refractivity contribution in [3.63, 3.8) is 0 Å². The highest BCUT2D eigenvalue weighted by atomic mass is 19.3. The zero-order valence-corrected chi connectivity index (χ0v) is 27.8. The lowest BCUT2D eigenvalue weighted by molar-refractivity contribution is -0.146. The van der Waals surface area contributed by atoms with E-state index in [0.29, 0.717) is 50.2 Å². The minimum Gasteiger partial charge on any atom is -0.499 e. The molecule has 2 amide bonds. The number of alkyl halides is 2. The van der Waals surface area contributed by atoms with Gasteiger partial charge in [-0.05, 0) is 81.9 Å². The molecule has 1 aromatic rings. The number of piperidine rings is 1. The van der Waals surface area contributed by atoms with E-state index in [0.717, 1.165) is 6.42 Å². The highest BCUT2D eigenvalue weighted by molar-refractivity contribution is 5.83. The van der Waals surface area contributed by atoms with E-state index >= 15 is 4.79 Å². The Labute approximate surface area is 272 Å². The number of halogens is 2. The number of amides is 2. The standard InChI is InChI=1S/C37H50F2N2O5/c1-26-11-9-15-30(44-5)24-45-20-18-36(26)25-40(34(43)46-35(2,3)4)23-31(36)33(42)41-19-16-28(27-12-7-6-8-13-27)21-32(41)29-14-10-17-37(38,39)22-29/h6-9,11-13,15,28-29,31-32H,1,10,14,16-25H2,2-5H3/b11-9-,30-15+/t28-,29?,31+,32+,36+/m1/s1. The van der Waals surface area contributed by atoms with Gasteiger partial charge in [-0.3, -0.25) is 4.79 Å². The van der Waals surface area contributed by atoms with Crippen LogP contribution in [0.25, 0.3) is 0 Å². The van der Waals surface area contributed by atoms with Crippen molar-refractivity contribution >= 4 is 12.0 Å². The second-order valence-corrected chi connectivity index (χ2v) is 14.5. The van der Waals surface area contributed by atoms with Crippen LogP contribution >= 0.6 is 0 Å². The molecule has 1 aliphatic carbocycles. The zero-order chi connectivity index (χ0) is 33.1.